The Bertz CT molecular complexity index is 1010. The lowest BCUT2D eigenvalue weighted by Gasteiger charge is -2.11. The Balaban J connectivity index is 2.00. The number of thiazole rings is 1. The first-order chi connectivity index (χ1) is 13.6. The van der Waals surface area contributed by atoms with Crippen molar-refractivity contribution in [1.82, 2.24) is 4.98 Å². The van der Waals surface area contributed by atoms with Crippen LogP contribution in [0.5, 0.6) is 17.2 Å². The molecule has 0 bridgehead atoms. The standard InChI is InChI=1S/C21H19NO5S/c1-25-15-12-17(27-3)16(26-2)11-14(15)9-10-18-22-19(20(28-18)21(23)24)13-7-5-4-6-8-13/h4-12H,1-3H3,(H,23,24)/p-1/b10-9+. The second-order valence-corrected chi connectivity index (χ2v) is 6.70. The molecule has 0 fully saturated rings. The molecule has 0 saturated carbocycles. The van der Waals surface area contributed by atoms with Gasteiger partial charge in [-0.15, -0.1) is 11.3 Å². The molecular formula is C21H18NO5S-. The van der Waals surface area contributed by atoms with Gasteiger partial charge in [0.1, 0.15) is 10.8 Å². The van der Waals surface area contributed by atoms with Gasteiger partial charge < -0.3 is 24.1 Å². The number of methoxy groups -OCH3 is 3. The predicted molar refractivity (Wildman–Crippen MR) is 107 cm³/mol. The third kappa shape index (κ3) is 3.99. The van der Waals surface area contributed by atoms with Crippen molar-refractivity contribution in [3.8, 4) is 28.5 Å². The van der Waals surface area contributed by atoms with Gasteiger partial charge in [0, 0.05) is 17.2 Å². The molecule has 1 aromatic heterocycles. The summed E-state index contributed by atoms with van der Waals surface area (Å²) in [5, 5.41) is 12.1. The SMILES string of the molecule is COc1cc(OC)c(OC)cc1/C=C/c1nc(-c2ccccc2)c(C(=O)[O-])s1. The van der Waals surface area contributed by atoms with E-state index in [9.17, 15) is 9.90 Å². The van der Waals surface area contributed by atoms with E-state index in [0.29, 0.717) is 28.0 Å². The maximum Gasteiger partial charge on any atom is 0.164 e. The zero-order valence-corrected chi connectivity index (χ0v) is 16.4. The lowest BCUT2D eigenvalue weighted by atomic mass is 10.1. The number of carbonyl (C=O) groups is 1. The van der Waals surface area contributed by atoms with Gasteiger partial charge in [0.05, 0.1) is 37.9 Å². The summed E-state index contributed by atoms with van der Waals surface area (Å²) in [5.74, 6) is 0.451. The van der Waals surface area contributed by atoms with Crippen LogP contribution in [0.1, 0.15) is 20.2 Å². The van der Waals surface area contributed by atoms with Crippen LogP contribution in [0, 0.1) is 0 Å². The van der Waals surface area contributed by atoms with E-state index in [1.54, 1.807) is 45.6 Å². The fraction of sp³-hybridized carbons (Fsp3) is 0.143. The minimum Gasteiger partial charge on any atom is -0.544 e. The third-order valence-electron chi connectivity index (χ3n) is 4.02. The fourth-order valence-corrected chi connectivity index (χ4v) is 3.51. The highest BCUT2D eigenvalue weighted by Crippen LogP contribution is 2.36. The number of carboxylic acids is 1. The van der Waals surface area contributed by atoms with Gasteiger partial charge in [-0.25, -0.2) is 4.98 Å². The highest BCUT2D eigenvalue weighted by molar-refractivity contribution is 7.14. The first kappa shape index (κ1) is 19.4. The number of aromatic carboxylic acids is 1. The molecule has 3 aromatic rings. The van der Waals surface area contributed by atoms with Crippen LogP contribution in [0.4, 0.5) is 0 Å². The Hall–Kier alpha value is -3.32. The molecule has 7 heteroatoms. The van der Waals surface area contributed by atoms with E-state index >= 15 is 0 Å². The molecule has 28 heavy (non-hydrogen) atoms. The first-order valence-electron chi connectivity index (χ1n) is 8.33. The molecule has 3 rings (SSSR count). The van der Waals surface area contributed by atoms with Crippen LogP contribution < -0.4 is 19.3 Å². The number of hydrogen-bond donors (Lipinski definition) is 0. The monoisotopic (exact) mass is 396 g/mol. The van der Waals surface area contributed by atoms with E-state index < -0.39 is 5.97 Å². The van der Waals surface area contributed by atoms with E-state index in [1.807, 2.05) is 30.3 Å². The quantitative estimate of drug-likeness (QED) is 0.609. The summed E-state index contributed by atoms with van der Waals surface area (Å²) in [6, 6.07) is 12.6. The molecule has 0 aliphatic rings. The first-order valence-corrected chi connectivity index (χ1v) is 9.14. The second-order valence-electron chi connectivity index (χ2n) is 5.67. The summed E-state index contributed by atoms with van der Waals surface area (Å²) in [6.07, 6.45) is 3.51. The smallest absolute Gasteiger partial charge is 0.164 e. The Labute approximate surface area is 166 Å². The molecule has 2 aromatic carbocycles. The van der Waals surface area contributed by atoms with Gasteiger partial charge in [0.15, 0.2) is 11.5 Å². The zero-order valence-electron chi connectivity index (χ0n) is 15.6. The second kappa shape index (κ2) is 8.58. The number of hydrogen-bond acceptors (Lipinski definition) is 7. The van der Waals surface area contributed by atoms with Crippen LogP contribution in [0.15, 0.2) is 42.5 Å². The highest BCUT2D eigenvalue weighted by atomic mass is 32.1. The number of carboxylic acid groups (broad SMARTS) is 1. The maximum atomic E-state index is 11.5. The fourth-order valence-electron chi connectivity index (χ4n) is 2.68. The van der Waals surface area contributed by atoms with Crippen molar-refractivity contribution >= 4 is 29.5 Å². The summed E-state index contributed by atoms with van der Waals surface area (Å²) in [4.78, 5) is 16.1. The van der Waals surface area contributed by atoms with Crippen LogP contribution in [0.3, 0.4) is 0 Å². The highest BCUT2D eigenvalue weighted by Gasteiger charge is 2.14. The van der Waals surface area contributed by atoms with Crippen molar-refractivity contribution in [2.75, 3.05) is 21.3 Å². The number of carbonyl (C=O) groups excluding carboxylic acids is 1. The molecular weight excluding hydrogens is 378 g/mol. The molecule has 0 atom stereocenters. The van der Waals surface area contributed by atoms with Crippen molar-refractivity contribution in [3.63, 3.8) is 0 Å². The third-order valence-corrected chi connectivity index (χ3v) is 5.02. The van der Waals surface area contributed by atoms with Crippen molar-refractivity contribution in [1.29, 1.82) is 0 Å². The van der Waals surface area contributed by atoms with Crippen molar-refractivity contribution in [3.05, 3.63) is 57.9 Å². The van der Waals surface area contributed by atoms with Crippen LogP contribution in [-0.4, -0.2) is 32.3 Å². The molecule has 144 valence electrons. The number of aromatic nitrogens is 1. The minimum atomic E-state index is -1.25. The lowest BCUT2D eigenvalue weighted by Crippen LogP contribution is -2.21. The normalized spacial score (nSPS) is 10.8. The topological polar surface area (TPSA) is 80.7 Å². The van der Waals surface area contributed by atoms with Crippen LogP contribution in [0.2, 0.25) is 0 Å². The molecule has 6 nitrogen and oxygen atoms in total. The summed E-state index contributed by atoms with van der Waals surface area (Å²) >= 11 is 1.06. The van der Waals surface area contributed by atoms with Gasteiger partial charge in [-0.1, -0.05) is 30.3 Å². The Morgan fingerprint density at radius 3 is 2.21 bits per heavy atom. The average molecular weight is 396 g/mol. The summed E-state index contributed by atoms with van der Waals surface area (Å²) in [7, 11) is 4.66. The molecule has 0 aliphatic carbocycles. The van der Waals surface area contributed by atoms with Gasteiger partial charge >= 0.3 is 0 Å². The lowest BCUT2D eigenvalue weighted by molar-refractivity contribution is -0.254. The Morgan fingerprint density at radius 2 is 1.61 bits per heavy atom. The average Bonchev–Trinajstić information content (AvgIpc) is 3.17. The molecule has 0 spiro atoms. The van der Waals surface area contributed by atoms with Gasteiger partial charge in [0.2, 0.25) is 0 Å². The van der Waals surface area contributed by atoms with E-state index in [4.69, 9.17) is 14.2 Å². The molecule has 0 saturated heterocycles. The zero-order chi connectivity index (χ0) is 20.1. The minimum absolute atomic E-state index is 0.0881. The molecule has 0 amide bonds. The van der Waals surface area contributed by atoms with Crippen molar-refractivity contribution in [2.24, 2.45) is 0 Å². The van der Waals surface area contributed by atoms with Gasteiger partial charge in [-0.3, -0.25) is 0 Å². The Kier molecular flexibility index (Phi) is 5.96. The molecule has 0 aliphatic heterocycles. The van der Waals surface area contributed by atoms with Crippen LogP contribution in [-0.2, 0) is 0 Å². The van der Waals surface area contributed by atoms with Crippen LogP contribution >= 0.6 is 11.3 Å². The van der Waals surface area contributed by atoms with Crippen LogP contribution in [0.25, 0.3) is 23.4 Å². The predicted octanol–water partition coefficient (Wildman–Crippen LogP) is 3.37. The van der Waals surface area contributed by atoms with E-state index in [0.717, 1.165) is 22.5 Å². The van der Waals surface area contributed by atoms with Gasteiger partial charge in [0.25, 0.3) is 0 Å². The summed E-state index contributed by atoms with van der Waals surface area (Å²) < 4.78 is 16.0. The van der Waals surface area contributed by atoms with Crippen molar-refractivity contribution in [2.45, 2.75) is 0 Å². The van der Waals surface area contributed by atoms with E-state index in [-0.39, 0.29) is 4.88 Å². The number of ether oxygens (including phenoxy) is 3. The number of rotatable bonds is 7. The van der Waals surface area contributed by atoms with Gasteiger partial charge in [-0.2, -0.15) is 0 Å². The van der Waals surface area contributed by atoms with E-state index in [2.05, 4.69) is 4.98 Å². The largest absolute Gasteiger partial charge is 0.544 e. The maximum absolute atomic E-state index is 11.5. The van der Waals surface area contributed by atoms with Gasteiger partial charge in [-0.05, 0) is 18.2 Å². The number of benzene rings is 2. The molecule has 1 heterocycles. The molecule has 0 radical (unpaired) electrons. The van der Waals surface area contributed by atoms with E-state index in [1.165, 1.54) is 0 Å². The summed E-state index contributed by atoms with van der Waals surface area (Å²) in [6.45, 7) is 0. The molecule has 0 unspecified atom stereocenters. The number of nitrogens with zero attached hydrogens (tertiary/aromatic N) is 1. The van der Waals surface area contributed by atoms with Crippen molar-refractivity contribution < 1.29 is 24.1 Å². The summed E-state index contributed by atoms with van der Waals surface area (Å²) in [5.41, 5.74) is 1.86. The molecule has 0 N–H and O–H groups in total. The Morgan fingerprint density at radius 1 is 0.964 bits per heavy atom.